The van der Waals surface area contributed by atoms with Crippen molar-refractivity contribution >= 4 is 29.4 Å². The van der Waals surface area contributed by atoms with E-state index in [1.807, 2.05) is 0 Å². The molecule has 2 saturated heterocycles. The zero-order valence-electron chi connectivity index (χ0n) is 22.4. The van der Waals surface area contributed by atoms with Crippen molar-refractivity contribution in [3.63, 3.8) is 0 Å². The first kappa shape index (κ1) is 28.1. The Balaban J connectivity index is 1.51. The van der Waals surface area contributed by atoms with Gasteiger partial charge in [0.05, 0.1) is 6.04 Å². The predicted molar refractivity (Wildman–Crippen MR) is 140 cm³/mol. The van der Waals surface area contributed by atoms with Gasteiger partial charge in [0.25, 0.3) is 6.43 Å². The quantitative estimate of drug-likeness (QED) is 0.540. The van der Waals surface area contributed by atoms with Crippen molar-refractivity contribution in [3.8, 4) is 5.75 Å². The third kappa shape index (κ3) is 5.18. The number of hydrogen-bond acceptors (Lipinski definition) is 6. The van der Waals surface area contributed by atoms with Gasteiger partial charge in [-0.2, -0.15) is 0 Å². The number of amides is 4. The van der Waals surface area contributed by atoms with Gasteiger partial charge in [-0.05, 0) is 43.4 Å². The van der Waals surface area contributed by atoms with Crippen molar-refractivity contribution in [1.82, 2.24) is 35.0 Å². The summed E-state index contributed by atoms with van der Waals surface area (Å²) in [4.78, 5) is 44.2. The van der Waals surface area contributed by atoms with E-state index in [0.29, 0.717) is 61.7 Å². The molecular formula is C26H32ClF2N7O4. The topological polar surface area (TPSA) is 113 Å². The van der Waals surface area contributed by atoms with E-state index in [9.17, 15) is 23.2 Å². The van der Waals surface area contributed by atoms with Crippen molar-refractivity contribution < 1.29 is 27.9 Å². The zero-order chi connectivity index (χ0) is 28.6. The Morgan fingerprint density at radius 2 is 1.98 bits per heavy atom. The number of carbonyl (C=O) groups is 3. The van der Waals surface area contributed by atoms with Crippen LogP contribution in [0.4, 0.5) is 13.6 Å². The molecule has 2 atom stereocenters. The van der Waals surface area contributed by atoms with Crippen LogP contribution in [0.3, 0.4) is 0 Å². The van der Waals surface area contributed by atoms with Crippen LogP contribution < -0.4 is 10.1 Å². The smallest absolute Gasteiger partial charge is 0.317 e. The SMILES string of the molecule is CNC(=O)N1CCC[C@H]1C(=O)N1CCc2c(Cl)ccc(OCc3nnn(C)c3C(F)F)c2C1CN1CCCC1=O. The number of urea groups is 1. The van der Waals surface area contributed by atoms with Gasteiger partial charge in [0.2, 0.25) is 11.8 Å². The van der Waals surface area contributed by atoms with Gasteiger partial charge in [0, 0.05) is 57.3 Å². The van der Waals surface area contributed by atoms with Gasteiger partial charge < -0.3 is 24.8 Å². The van der Waals surface area contributed by atoms with Crippen LogP contribution in [0.1, 0.15) is 60.7 Å². The highest BCUT2D eigenvalue weighted by Crippen LogP contribution is 2.42. The Labute approximate surface area is 235 Å². The highest BCUT2D eigenvalue weighted by Gasteiger charge is 2.43. The van der Waals surface area contributed by atoms with Crippen LogP contribution in [0.25, 0.3) is 0 Å². The number of fused-ring (bicyclic) bond motifs is 1. The lowest BCUT2D eigenvalue weighted by Gasteiger charge is -2.42. The fraction of sp³-hybridized carbons (Fsp3) is 0.577. The van der Waals surface area contributed by atoms with Crippen molar-refractivity contribution in [2.75, 3.05) is 33.2 Å². The number of halogens is 3. The highest BCUT2D eigenvalue weighted by atomic mass is 35.5. The fourth-order valence-corrected chi connectivity index (χ4v) is 6.25. The maximum atomic E-state index is 14.0. The molecule has 4 amide bonds. The summed E-state index contributed by atoms with van der Waals surface area (Å²) in [6.45, 7) is 1.35. The first-order valence-electron chi connectivity index (χ1n) is 13.4. The average molecular weight is 580 g/mol. The van der Waals surface area contributed by atoms with E-state index in [0.717, 1.165) is 16.7 Å². The van der Waals surface area contributed by atoms with Crippen molar-refractivity contribution in [2.45, 2.75) is 57.2 Å². The molecule has 1 aromatic heterocycles. The van der Waals surface area contributed by atoms with E-state index in [4.69, 9.17) is 16.3 Å². The third-order valence-electron chi connectivity index (χ3n) is 7.95. The molecule has 0 aliphatic carbocycles. The van der Waals surface area contributed by atoms with Crippen LogP contribution in [0.2, 0.25) is 5.02 Å². The number of benzene rings is 1. The molecule has 3 aliphatic heterocycles. The van der Waals surface area contributed by atoms with Crippen LogP contribution in [-0.2, 0) is 29.7 Å². The molecule has 1 aromatic carbocycles. The van der Waals surface area contributed by atoms with Crippen molar-refractivity contribution in [1.29, 1.82) is 0 Å². The predicted octanol–water partition coefficient (Wildman–Crippen LogP) is 2.84. The Kier molecular flexibility index (Phi) is 8.11. The van der Waals surface area contributed by atoms with Gasteiger partial charge in [0.15, 0.2) is 0 Å². The number of aryl methyl sites for hydroxylation is 1. The molecule has 3 aliphatic rings. The normalized spacial score (nSPS) is 20.9. The van der Waals surface area contributed by atoms with E-state index < -0.39 is 18.5 Å². The van der Waals surface area contributed by atoms with Crippen LogP contribution in [0.15, 0.2) is 12.1 Å². The number of rotatable bonds is 7. The van der Waals surface area contributed by atoms with Crippen molar-refractivity contribution in [2.24, 2.45) is 7.05 Å². The molecule has 11 nitrogen and oxygen atoms in total. The van der Waals surface area contributed by atoms with Gasteiger partial charge in [-0.15, -0.1) is 5.10 Å². The minimum absolute atomic E-state index is 0.00184. The number of carbonyl (C=O) groups excluding carboxylic acids is 3. The molecule has 0 saturated carbocycles. The molecule has 2 fully saturated rings. The van der Waals surface area contributed by atoms with Gasteiger partial charge in [-0.3, -0.25) is 9.59 Å². The van der Waals surface area contributed by atoms with Gasteiger partial charge in [-0.1, -0.05) is 16.8 Å². The Morgan fingerprint density at radius 3 is 2.67 bits per heavy atom. The minimum Gasteiger partial charge on any atom is -0.487 e. The largest absolute Gasteiger partial charge is 0.487 e. The number of hydrogen-bond donors (Lipinski definition) is 1. The second kappa shape index (κ2) is 11.6. The number of likely N-dealkylation sites (tertiary alicyclic amines) is 2. The summed E-state index contributed by atoms with van der Waals surface area (Å²) in [5.74, 6) is 0.162. The van der Waals surface area contributed by atoms with E-state index in [2.05, 4.69) is 15.6 Å². The van der Waals surface area contributed by atoms with E-state index in [1.165, 1.54) is 14.1 Å². The lowest BCUT2D eigenvalue weighted by Crippen LogP contribution is -2.54. The highest BCUT2D eigenvalue weighted by molar-refractivity contribution is 6.31. The van der Waals surface area contributed by atoms with E-state index >= 15 is 0 Å². The first-order valence-corrected chi connectivity index (χ1v) is 13.8. The molecule has 0 spiro atoms. The Morgan fingerprint density at radius 1 is 1.18 bits per heavy atom. The molecule has 5 rings (SSSR count). The molecule has 1 N–H and O–H groups in total. The van der Waals surface area contributed by atoms with Crippen LogP contribution in [0, 0.1) is 0 Å². The lowest BCUT2D eigenvalue weighted by molar-refractivity contribution is -0.140. The second-order valence-corrected chi connectivity index (χ2v) is 10.6. The molecule has 40 heavy (non-hydrogen) atoms. The summed E-state index contributed by atoms with van der Waals surface area (Å²) in [5.41, 5.74) is 1.08. The Bertz CT molecular complexity index is 1310. The van der Waals surface area contributed by atoms with Gasteiger partial charge in [0.1, 0.15) is 29.8 Å². The maximum absolute atomic E-state index is 14.0. The van der Waals surface area contributed by atoms with Gasteiger partial charge in [-0.25, -0.2) is 18.3 Å². The molecule has 1 unspecified atom stereocenters. The number of alkyl halides is 2. The number of nitrogens with zero attached hydrogens (tertiary/aromatic N) is 6. The standard InChI is InChI=1S/C26H32ClF2N7O4/c1-30-26(39)36-11-3-5-18(36)25(38)35-12-9-15-16(27)7-8-20(22(15)19(35)13-34-10-4-6-21(34)37)40-14-17-23(24(28)29)33(2)32-31-17/h7-8,18-19,24H,3-6,9-14H2,1-2H3,(H,30,39)/t18-,19?/m0/s1. The first-order chi connectivity index (χ1) is 19.2. The molecule has 2 aromatic rings. The number of aromatic nitrogens is 3. The van der Waals surface area contributed by atoms with E-state index in [1.54, 1.807) is 26.8 Å². The van der Waals surface area contributed by atoms with E-state index in [-0.39, 0.29) is 42.4 Å². The summed E-state index contributed by atoms with van der Waals surface area (Å²) in [6.07, 6.45) is 0.0434. The summed E-state index contributed by atoms with van der Waals surface area (Å²) >= 11 is 6.62. The van der Waals surface area contributed by atoms with Crippen molar-refractivity contribution in [3.05, 3.63) is 39.7 Å². The molecule has 0 radical (unpaired) electrons. The molecular weight excluding hydrogens is 548 g/mol. The summed E-state index contributed by atoms with van der Waals surface area (Å²) in [5, 5.41) is 10.6. The zero-order valence-corrected chi connectivity index (χ0v) is 23.2. The average Bonchev–Trinajstić information content (AvgIpc) is 3.68. The Hall–Kier alpha value is -3.48. The minimum atomic E-state index is -2.78. The molecule has 216 valence electrons. The molecule has 0 bridgehead atoms. The molecule has 14 heteroatoms. The summed E-state index contributed by atoms with van der Waals surface area (Å²) in [6, 6.07) is 1.79. The van der Waals surface area contributed by atoms with Crippen LogP contribution >= 0.6 is 11.6 Å². The summed E-state index contributed by atoms with van der Waals surface area (Å²) in [7, 11) is 2.92. The maximum Gasteiger partial charge on any atom is 0.317 e. The summed E-state index contributed by atoms with van der Waals surface area (Å²) < 4.78 is 34.3. The number of nitrogens with one attached hydrogen (secondary N) is 1. The van der Waals surface area contributed by atoms with Crippen LogP contribution in [0.5, 0.6) is 5.75 Å². The lowest BCUT2D eigenvalue weighted by atomic mass is 9.90. The number of ether oxygens (including phenoxy) is 1. The molecule has 4 heterocycles. The monoisotopic (exact) mass is 579 g/mol. The van der Waals surface area contributed by atoms with Gasteiger partial charge >= 0.3 is 6.03 Å². The third-order valence-corrected chi connectivity index (χ3v) is 8.30. The second-order valence-electron chi connectivity index (χ2n) is 10.2. The fourth-order valence-electron chi connectivity index (χ4n) is 5.99. The van der Waals surface area contributed by atoms with Crippen LogP contribution in [-0.4, -0.2) is 86.8 Å².